The molecule has 0 aromatic carbocycles. The van der Waals surface area contributed by atoms with Gasteiger partial charge in [-0.25, -0.2) is 15.0 Å². The van der Waals surface area contributed by atoms with E-state index in [2.05, 4.69) is 15.0 Å². The van der Waals surface area contributed by atoms with E-state index in [-0.39, 0.29) is 11.8 Å². The molecule has 0 bridgehead atoms. The molecule has 3 rings (SSSR count). The lowest BCUT2D eigenvalue weighted by Crippen LogP contribution is -2.18. The zero-order chi connectivity index (χ0) is 21.2. The van der Waals surface area contributed by atoms with Crippen molar-refractivity contribution in [2.75, 3.05) is 19.5 Å². The highest BCUT2D eigenvalue weighted by molar-refractivity contribution is 7.85. The van der Waals surface area contributed by atoms with Crippen molar-refractivity contribution in [3.8, 4) is 17.1 Å². The topological polar surface area (TPSA) is 78.6 Å². The van der Waals surface area contributed by atoms with Crippen LogP contribution in [0.15, 0.2) is 35.7 Å². The maximum Gasteiger partial charge on any atom is 0.433 e. The molecular weight excluding hydrogens is 409 g/mol. The summed E-state index contributed by atoms with van der Waals surface area (Å²) in [4.78, 5) is 12.3. The molecule has 0 aliphatic carbocycles. The summed E-state index contributed by atoms with van der Waals surface area (Å²) in [5.74, 6) is 0.749. The van der Waals surface area contributed by atoms with Crippen LogP contribution in [-0.4, -0.2) is 49.1 Å². The first-order valence-electron chi connectivity index (χ1n) is 8.69. The van der Waals surface area contributed by atoms with Crippen LogP contribution in [0.5, 0.6) is 5.75 Å². The van der Waals surface area contributed by atoms with Gasteiger partial charge < -0.3 is 9.47 Å². The molecule has 156 valence electrons. The number of imidazole rings is 1. The van der Waals surface area contributed by atoms with Crippen molar-refractivity contribution in [3.63, 3.8) is 0 Å². The molecule has 3 aromatic rings. The lowest BCUT2D eigenvalue weighted by atomic mass is 10.3. The van der Waals surface area contributed by atoms with Crippen LogP contribution in [0.1, 0.15) is 19.5 Å². The van der Waals surface area contributed by atoms with Crippen LogP contribution in [0.3, 0.4) is 0 Å². The van der Waals surface area contributed by atoms with E-state index >= 15 is 0 Å². The number of alkyl halides is 3. The summed E-state index contributed by atoms with van der Waals surface area (Å²) in [6.07, 6.45) is -0.817. The van der Waals surface area contributed by atoms with Crippen molar-refractivity contribution >= 4 is 16.4 Å². The number of rotatable bonds is 7. The average Bonchev–Trinajstić information content (AvgIpc) is 3.09. The standard InChI is InChI=1S/C18H19F3N4O3S/c1-4-29(26)14-5-12(28-11(2)9-27-3)7-22-17(14)13-8-25-10-23-15(18(19,20)21)6-16(25)24-13/h5-8,10-11H,4,9H2,1-3H3. The quantitative estimate of drug-likeness (QED) is 0.574. The lowest BCUT2D eigenvalue weighted by Gasteiger charge is -2.15. The van der Waals surface area contributed by atoms with Gasteiger partial charge in [-0.15, -0.1) is 0 Å². The van der Waals surface area contributed by atoms with Gasteiger partial charge in [0.15, 0.2) is 0 Å². The van der Waals surface area contributed by atoms with Crippen LogP contribution in [0.25, 0.3) is 17.0 Å². The highest BCUT2D eigenvalue weighted by atomic mass is 32.2. The smallest absolute Gasteiger partial charge is 0.433 e. The minimum absolute atomic E-state index is 0.0615. The number of methoxy groups -OCH3 is 1. The molecule has 2 unspecified atom stereocenters. The van der Waals surface area contributed by atoms with Crippen LogP contribution in [0, 0.1) is 0 Å². The van der Waals surface area contributed by atoms with Crippen LogP contribution < -0.4 is 4.74 Å². The first-order valence-corrected chi connectivity index (χ1v) is 10.0. The Bertz CT molecular complexity index is 1040. The van der Waals surface area contributed by atoms with Gasteiger partial charge in [0, 0.05) is 31.2 Å². The minimum Gasteiger partial charge on any atom is -0.487 e. The van der Waals surface area contributed by atoms with Crippen LogP contribution in [-0.2, 0) is 21.7 Å². The lowest BCUT2D eigenvalue weighted by molar-refractivity contribution is -0.141. The number of pyridine rings is 1. The van der Waals surface area contributed by atoms with E-state index in [0.29, 0.717) is 34.4 Å². The summed E-state index contributed by atoms with van der Waals surface area (Å²) in [7, 11) is 0.167. The van der Waals surface area contributed by atoms with Gasteiger partial charge >= 0.3 is 6.18 Å². The number of fused-ring (bicyclic) bond motifs is 1. The number of nitrogens with zero attached hydrogens (tertiary/aromatic N) is 4. The predicted molar refractivity (Wildman–Crippen MR) is 100 cm³/mol. The third-order valence-corrected chi connectivity index (χ3v) is 5.28. The summed E-state index contributed by atoms with van der Waals surface area (Å²) in [5.41, 5.74) is -0.372. The summed E-state index contributed by atoms with van der Waals surface area (Å²) in [6, 6.07) is 2.46. The van der Waals surface area contributed by atoms with Crippen LogP contribution >= 0.6 is 0 Å². The fraction of sp³-hybridized carbons (Fsp3) is 0.389. The Balaban J connectivity index is 2.03. The Morgan fingerprint density at radius 3 is 2.69 bits per heavy atom. The molecule has 11 heteroatoms. The number of ether oxygens (including phenoxy) is 2. The van der Waals surface area contributed by atoms with Gasteiger partial charge in [-0.05, 0) is 6.92 Å². The molecule has 0 aliphatic heterocycles. The molecule has 0 spiro atoms. The molecule has 29 heavy (non-hydrogen) atoms. The Morgan fingerprint density at radius 2 is 2.03 bits per heavy atom. The van der Waals surface area contributed by atoms with Crippen molar-refractivity contribution in [1.82, 2.24) is 19.4 Å². The summed E-state index contributed by atoms with van der Waals surface area (Å²) in [6.45, 7) is 3.94. The van der Waals surface area contributed by atoms with Gasteiger partial charge in [0.05, 0.1) is 28.5 Å². The fourth-order valence-corrected chi connectivity index (χ4v) is 3.61. The third kappa shape index (κ3) is 4.73. The van der Waals surface area contributed by atoms with Crippen LogP contribution in [0.2, 0.25) is 0 Å². The molecule has 7 nitrogen and oxygen atoms in total. The van der Waals surface area contributed by atoms with Gasteiger partial charge in [-0.1, -0.05) is 6.92 Å². The highest BCUT2D eigenvalue weighted by Gasteiger charge is 2.33. The Kier molecular flexibility index (Phi) is 6.18. The Hall–Kier alpha value is -2.53. The first kappa shape index (κ1) is 21.2. The zero-order valence-corrected chi connectivity index (χ0v) is 16.8. The minimum atomic E-state index is -4.57. The average molecular weight is 428 g/mol. The van der Waals surface area contributed by atoms with E-state index in [1.165, 1.54) is 16.8 Å². The molecule has 0 aliphatic rings. The second-order valence-electron chi connectivity index (χ2n) is 6.20. The zero-order valence-electron chi connectivity index (χ0n) is 15.9. The van der Waals surface area contributed by atoms with Gasteiger partial charge in [0.2, 0.25) is 0 Å². The number of hydrogen-bond donors (Lipinski definition) is 0. The summed E-state index contributed by atoms with van der Waals surface area (Å²) < 4.78 is 63.3. The van der Waals surface area contributed by atoms with Crippen molar-refractivity contribution in [1.29, 1.82) is 0 Å². The molecule has 0 radical (unpaired) electrons. The maximum absolute atomic E-state index is 12.9. The SMILES string of the molecule is CCS(=O)c1cc(OC(C)COC)cnc1-c1cn2cnc(C(F)(F)F)cc2n1. The fourth-order valence-electron chi connectivity index (χ4n) is 2.67. The number of hydrogen-bond acceptors (Lipinski definition) is 6. The molecular formula is C18H19F3N4O3S. The van der Waals surface area contributed by atoms with Gasteiger partial charge in [-0.3, -0.25) is 8.61 Å². The first-order chi connectivity index (χ1) is 13.7. The highest BCUT2D eigenvalue weighted by Crippen LogP contribution is 2.30. The Morgan fingerprint density at radius 1 is 1.28 bits per heavy atom. The predicted octanol–water partition coefficient (Wildman–Crippen LogP) is 3.35. The van der Waals surface area contributed by atoms with E-state index in [0.717, 1.165) is 12.4 Å². The number of halogens is 3. The molecule has 0 saturated carbocycles. The molecule has 2 atom stereocenters. The largest absolute Gasteiger partial charge is 0.487 e. The summed E-state index contributed by atoms with van der Waals surface area (Å²) in [5, 5.41) is 0. The second kappa shape index (κ2) is 8.46. The number of aromatic nitrogens is 4. The van der Waals surface area contributed by atoms with E-state index in [1.54, 1.807) is 20.1 Å². The maximum atomic E-state index is 12.9. The van der Waals surface area contributed by atoms with Crippen molar-refractivity contribution in [2.45, 2.75) is 31.0 Å². The molecule has 3 heterocycles. The Labute approximate surface area is 167 Å². The van der Waals surface area contributed by atoms with E-state index in [9.17, 15) is 17.4 Å². The van der Waals surface area contributed by atoms with Gasteiger partial charge in [0.1, 0.15) is 40.9 Å². The van der Waals surface area contributed by atoms with E-state index < -0.39 is 22.7 Å². The van der Waals surface area contributed by atoms with Gasteiger partial charge in [-0.2, -0.15) is 13.2 Å². The molecule has 0 fully saturated rings. The molecule has 3 aromatic heterocycles. The monoisotopic (exact) mass is 428 g/mol. The third-order valence-electron chi connectivity index (χ3n) is 3.95. The van der Waals surface area contributed by atoms with Crippen LogP contribution in [0.4, 0.5) is 13.2 Å². The molecule has 0 saturated heterocycles. The van der Waals surface area contributed by atoms with Crippen molar-refractivity contribution < 1.29 is 26.9 Å². The summed E-state index contributed by atoms with van der Waals surface area (Å²) >= 11 is 0. The van der Waals surface area contributed by atoms with E-state index in [4.69, 9.17) is 9.47 Å². The second-order valence-corrected chi connectivity index (χ2v) is 7.91. The van der Waals surface area contributed by atoms with Crippen molar-refractivity contribution in [2.24, 2.45) is 0 Å². The molecule has 0 N–H and O–H groups in total. The van der Waals surface area contributed by atoms with Crippen molar-refractivity contribution in [3.05, 3.63) is 36.5 Å². The molecule has 0 amide bonds. The normalized spacial score (nSPS) is 14.1. The van der Waals surface area contributed by atoms with E-state index in [1.807, 2.05) is 6.92 Å². The van der Waals surface area contributed by atoms with Gasteiger partial charge in [0.25, 0.3) is 0 Å².